The first-order valence-electron chi connectivity index (χ1n) is 16.7. The third kappa shape index (κ3) is 6.14. The van der Waals surface area contributed by atoms with Crippen molar-refractivity contribution in [3.8, 4) is 11.5 Å². The molecule has 4 amide bonds. The zero-order valence-corrected chi connectivity index (χ0v) is 28.4. The smallest absolute Gasteiger partial charge is 0.335 e. The molecule has 5 aliphatic rings. The van der Waals surface area contributed by atoms with Crippen LogP contribution in [0.3, 0.4) is 0 Å². The minimum absolute atomic E-state index is 0.159. The van der Waals surface area contributed by atoms with E-state index in [4.69, 9.17) is 32.7 Å². The molecule has 3 aromatic carbocycles. The number of ether oxygens (including phenoxy) is 2. The number of halogens is 2. The van der Waals surface area contributed by atoms with Crippen LogP contribution in [0.25, 0.3) is 6.08 Å². The highest BCUT2D eigenvalue weighted by Gasteiger charge is 2.51. The molecular weight excluding hydrogens is 647 g/mol. The molecule has 1 aliphatic heterocycles. The van der Waals surface area contributed by atoms with Gasteiger partial charge in [-0.15, -0.1) is 6.58 Å². The summed E-state index contributed by atoms with van der Waals surface area (Å²) in [5.74, 6) is 1.91. The Morgan fingerprint density at radius 1 is 0.917 bits per heavy atom. The van der Waals surface area contributed by atoms with Crippen molar-refractivity contribution in [2.24, 2.45) is 17.8 Å². The fourth-order valence-corrected chi connectivity index (χ4v) is 9.24. The van der Waals surface area contributed by atoms with Gasteiger partial charge in [-0.3, -0.25) is 14.9 Å². The molecular formula is C39H38Cl2N2O5. The lowest BCUT2D eigenvalue weighted by Gasteiger charge is -2.57. The molecule has 248 valence electrons. The molecule has 7 nitrogen and oxygen atoms in total. The Bertz CT molecular complexity index is 1800. The van der Waals surface area contributed by atoms with Crippen molar-refractivity contribution in [1.29, 1.82) is 0 Å². The second-order valence-corrected chi connectivity index (χ2v) is 14.5. The Balaban J connectivity index is 1.17. The van der Waals surface area contributed by atoms with Crippen molar-refractivity contribution in [1.82, 2.24) is 5.32 Å². The fraction of sp³-hybridized carbons (Fsp3) is 0.359. The van der Waals surface area contributed by atoms with Gasteiger partial charge in [0.1, 0.15) is 12.2 Å². The van der Waals surface area contributed by atoms with Crippen molar-refractivity contribution in [3.05, 3.63) is 105 Å². The Morgan fingerprint density at radius 2 is 1.60 bits per heavy atom. The molecule has 4 aliphatic carbocycles. The number of carbonyl (C=O) groups is 3. The van der Waals surface area contributed by atoms with Crippen LogP contribution in [-0.4, -0.2) is 24.5 Å². The molecule has 0 radical (unpaired) electrons. The zero-order valence-electron chi connectivity index (χ0n) is 26.9. The van der Waals surface area contributed by atoms with Crippen LogP contribution in [0.2, 0.25) is 10.0 Å². The number of hydrogen-bond acceptors (Lipinski definition) is 5. The monoisotopic (exact) mass is 684 g/mol. The summed E-state index contributed by atoms with van der Waals surface area (Å²) in [5.41, 5.74) is 3.79. The Labute approximate surface area is 290 Å². The predicted octanol–water partition coefficient (Wildman–Crippen LogP) is 8.83. The molecule has 0 atom stereocenters. The van der Waals surface area contributed by atoms with Crippen LogP contribution < -0.4 is 19.7 Å². The molecule has 0 unspecified atom stereocenters. The van der Waals surface area contributed by atoms with Crippen LogP contribution in [-0.2, 0) is 28.0 Å². The maximum atomic E-state index is 13.8. The number of anilines is 1. The van der Waals surface area contributed by atoms with Gasteiger partial charge in [0.2, 0.25) is 0 Å². The normalized spacial score (nSPS) is 25.4. The molecule has 4 bridgehead atoms. The largest absolute Gasteiger partial charge is 0.490 e. The average Bonchev–Trinajstić information content (AvgIpc) is 3.03. The summed E-state index contributed by atoms with van der Waals surface area (Å²) in [4.78, 5) is 41.0. The summed E-state index contributed by atoms with van der Waals surface area (Å²) in [5, 5.41) is 3.36. The number of nitrogens with one attached hydrogen (secondary N) is 1. The number of amides is 4. The molecule has 8 rings (SSSR count). The number of hydrogen-bond donors (Lipinski definition) is 1. The van der Waals surface area contributed by atoms with Gasteiger partial charge in [-0.1, -0.05) is 47.5 Å². The summed E-state index contributed by atoms with van der Waals surface area (Å²) in [7, 11) is 0. The molecule has 3 aromatic rings. The van der Waals surface area contributed by atoms with Crippen LogP contribution in [0, 0.1) is 17.8 Å². The molecule has 48 heavy (non-hydrogen) atoms. The van der Waals surface area contributed by atoms with Gasteiger partial charge in [-0.25, -0.2) is 9.69 Å². The van der Waals surface area contributed by atoms with Crippen LogP contribution in [0.15, 0.2) is 72.8 Å². The van der Waals surface area contributed by atoms with Crippen molar-refractivity contribution in [2.75, 3.05) is 11.5 Å². The number of carbonyl (C=O) groups excluding carboxylic acids is 3. The summed E-state index contributed by atoms with van der Waals surface area (Å²) < 4.78 is 12.2. The highest BCUT2D eigenvalue weighted by Crippen LogP contribution is 2.60. The number of imide groups is 2. The Morgan fingerprint density at radius 3 is 2.23 bits per heavy atom. The summed E-state index contributed by atoms with van der Waals surface area (Å²) in [6.45, 7) is 6.26. The minimum Gasteiger partial charge on any atom is -0.490 e. The average molecular weight is 686 g/mol. The van der Waals surface area contributed by atoms with E-state index in [2.05, 4.69) is 24.0 Å². The van der Waals surface area contributed by atoms with Gasteiger partial charge in [0.15, 0.2) is 11.5 Å². The van der Waals surface area contributed by atoms with Gasteiger partial charge < -0.3 is 9.47 Å². The van der Waals surface area contributed by atoms with Crippen molar-refractivity contribution < 1.29 is 23.9 Å². The van der Waals surface area contributed by atoms with E-state index in [-0.39, 0.29) is 17.6 Å². The maximum Gasteiger partial charge on any atom is 0.335 e. The van der Waals surface area contributed by atoms with Crippen LogP contribution >= 0.6 is 23.2 Å². The van der Waals surface area contributed by atoms with Gasteiger partial charge in [0, 0.05) is 21.2 Å². The Kier molecular flexibility index (Phi) is 8.86. The summed E-state index contributed by atoms with van der Waals surface area (Å²) >= 11 is 12.4. The molecule has 1 N–H and O–H groups in total. The standard InChI is InChI=1S/C39H38Cl2N2O5/c1-3-5-27-15-23(17-34(47-4-2)35(27)48-22-28-6-9-30(40)18-33(28)41)16-32-36(44)42-38(46)43(37(32)45)31-10-7-29(8-11-31)39-19-24-12-25(20-39)14-26(13-24)21-39/h3,6-11,15-18,24-26H,1,4-5,12-14,19-22H2,2H3,(H,42,44,46)/b32-16+. The molecule has 1 saturated heterocycles. The van der Waals surface area contributed by atoms with E-state index in [0.717, 1.165) is 33.8 Å². The third-order valence-corrected chi connectivity index (χ3v) is 11.0. The second-order valence-electron chi connectivity index (χ2n) is 13.7. The zero-order chi connectivity index (χ0) is 33.6. The number of barbiturate groups is 1. The number of benzene rings is 3. The quantitative estimate of drug-likeness (QED) is 0.131. The van der Waals surface area contributed by atoms with Gasteiger partial charge in [0.05, 0.1) is 12.3 Å². The van der Waals surface area contributed by atoms with E-state index in [1.807, 2.05) is 25.1 Å². The first kappa shape index (κ1) is 32.5. The molecule has 5 fully saturated rings. The third-order valence-electron chi connectivity index (χ3n) is 10.4. The van der Waals surface area contributed by atoms with Crippen molar-refractivity contribution >= 4 is 52.8 Å². The van der Waals surface area contributed by atoms with Crippen LogP contribution in [0.5, 0.6) is 11.5 Å². The summed E-state index contributed by atoms with van der Waals surface area (Å²) in [6.07, 6.45) is 11.4. The van der Waals surface area contributed by atoms with E-state index >= 15 is 0 Å². The maximum absolute atomic E-state index is 13.8. The van der Waals surface area contributed by atoms with Gasteiger partial charge in [-0.2, -0.15) is 0 Å². The predicted molar refractivity (Wildman–Crippen MR) is 188 cm³/mol. The number of allylic oxidation sites excluding steroid dienone is 1. The highest BCUT2D eigenvalue weighted by atomic mass is 35.5. The van der Waals surface area contributed by atoms with E-state index in [0.29, 0.717) is 45.8 Å². The lowest BCUT2D eigenvalue weighted by atomic mass is 9.48. The fourth-order valence-electron chi connectivity index (χ4n) is 8.78. The lowest BCUT2D eigenvalue weighted by Crippen LogP contribution is -2.54. The van der Waals surface area contributed by atoms with Gasteiger partial charge in [-0.05, 0) is 129 Å². The molecule has 4 saturated carbocycles. The van der Waals surface area contributed by atoms with Crippen molar-refractivity contribution in [3.63, 3.8) is 0 Å². The minimum atomic E-state index is -0.767. The summed E-state index contributed by atoms with van der Waals surface area (Å²) in [6, 6.07) is 15.8. The van der Waals surface area contributed by atoms with Gasteiger partial charge >= 0.3 is 6.03 Å². The molecule has 0 aromatic heterocycles. The topological polar surface area (TPSA) is 84.9 Å². The molecule has 9 heteroatoms. The number of rotatable bonds is 10. The molecule has 1 heterocycles. The van der Waals surface area contributed by atoms with Crippen LogP contribution in [0.1, 0.15) is 67.7 Å². The first-order chi connectivity index (χ1) is 23.2. The Hall–Kier alpha value is -4.07. The van der Waals surface area contributed by atoms with Crippen molar-refractivity contribution in [2.45, 2.75) is 63.9 Å². The number of nitrogens with zero attached hydrogens (tertiary/aromatic N) is 1. The van der Waals surface area contributed by atoms with Gasteiger partial charge in [0.25, 0.3) is 11.8 Å². The lowest BCUT2D eigenvalue weighted by molar-refractivity contribution is -0.122. The SMILES string of the molecule is C=CCc1cc(/C=C2\C(=O)NC(=O)N(c3ccc(C45CC6CC(CC(C6)C4)C5)cc3)C2=O)cc(OCC)c1OCc1ccc(Cl)cc1Cl. The van der Waals surface area contributed by atoms with E-state index in [9.17, 15) is 14.4 Å². The second kappa shape index (κ2) is 13.1. The first-order valence-corrected chi connectivity index (χ1v) is 17.4. The van der Waals surface area contributed by atoms with Crippen LogP contribution in [0.4, 0.5) is 10.5 Å². The van der Waals surface area contributed by atoms with E-state index in [1.165, 1.54) is 50.2 Å². The highest BCUT2D eigenvalue weighted by molar-refractivity contribution is 6.39. The van der Waals surface area contributed by atoms with E-state index in [1.54, 1.807) is 30.3 Å². The number of urea groups is 1. The molecule has 0 spiro atoms. The van der Waals surface area contributed by atoms with E-state index < -0.39 is 17.8 Å².